The first-order valence-corrected chi connectivity index (χ1v) is 19.7. The van der Waals surface area contributed by atoms with Gasteiger partial charge in [-0.3, -0.25) is 0 Å². The van der Waals surface area contributed by atoms with Crippen LogP contribution < -0.4 is 0 Å². The molecule has 0 spiro atoms. The van der Waals surface area contributed by atoms with E-state index in [2.05, 4.69) is 200 Å². The van der Waals surface area contributed by atoms with Crippen molar-refractivity contribution in [3.05, 3.63) is 181 Å². The number of rotatable bonds is 3. The molecule has 0 fully saturated rings. The van der Waals surface area contributed by atoms with Crippen LogP contribution in [-0.4, -0.2) is 9.55 Å². The van der Waals surface area contributed by atoms with Gasteiger partial charge in [0.2, 0.25) is 0 Å². The van der Waals surface area contributed by atoms with Gasteiger partial charge in [-0.25, -0.2) is 0 Å². The topological polar surface area (TPSA) is 20.7 Å². The summed E-state index contributed by atoms with van der Waals surface area (Å²) in [6.07, 6.45) is 0. The Morgan fingerprint density at radius 1 is 0.411 bits per heavy atom. The lowest BCUT2D eigenvalue weighted by Gasteiger charge is -2.23. The smallest absolute Gasteiger partial charge is 0.0568 e. The van der Waals surface area contributed by atoms with Crippen molar-refractivity contribution in [1.29, 1.82) is 0 Å². The second kappa shape index (κ2) is 11.3. The maximum Gasteiger partial charge on any atom is 0.0568 e. The zero-order valence-electron chi connectivity index (χ0n) is 31.6. The molecule has 0 amide bonds. The van der Waals surface area contributed by atoms with Gasteiger partial charge in [0.25, 0.3) is 0 Å². The number of aromatic amines is 1. The zero-order valence-corrected chi connectivity index (χ0v) is 31.6. The summed E-state index contributed by atoms with van der Waals surface area (Å²) in [5.41, 5.74) is 17.7. The van der Waals surface area contributed by atoms with Gasteiger partial charge in [0.05, 0.1) is 11.0 Å². The monoisotopic (exact) mass is 714 g/mol. The van der Waals surface area contributed by atoms with E-state index in [9.17, 15) is 0 Å². The predicted molar refractivity (Wildman–Crippen MR) is 239 cm³/mol. The van der Waals surface area contributed by atoms with E-state index in [4.69, 9.17) is 0 Å². The summed E-state index contributed by atoms with van der Waals surface area (Å²) >= 11 is 0. The standard InChI is InChI=1S/C54H38N2/c1-54(2)47-25-7-4-14-35(47)36-29-28-32(30-48(36)54)51-39-19-10-17-33(41-21-12-22-42-37-15-5-8-26-49(37)55-52(41)42)45(39)31-46-34(18-11-20-40(46)51)43-23-13-24-44-38-16-6-9-27-50(38)56(3)53(43)44/h4-31,55H,1-3H3. The highest BCUT2D eigenvalue weighted by Crippen LogP contribution is 2.51. The molecule has 0 aliphatic heterocycles. The molecule has 1 N–H and O–H groups in total. The van der Waals surface area contributed by atoms with Gasteiger partial charge in [-0.1, -0.05) is 159 Å². The first-order valence-electron chi connectivity index (χ1n) is 19.7. The molecule has 1 aliphatic carbocycles. The van der Waals surface area contributed by atoms with Crippen LogP contribution in [0.1, 0.15) is 25.0 Å². The third-order valence-electron chi connectivity index (χ3n) is 13.0. The van der Waals surface area contributed by atoms with E-state index >= 15 is 0 Å². The Morgan fingerprint density at radius 3 is 1.79 bits per heavy atom. The van der Waals surface area contributed by atoms with Crippen LogP contribution >= 0.6 is 0 Å². The van der Waals surface area contributed by atoms with Crippen molar-refractivity contribution < 1.29 is 0 Å². The van der Waals surface area contributed by atoms with Gasteiger partial charge in [-0.15, -0.1) is 0 Å². The Kier molecular flexibility index (Phi) is 6.36. The summed E-state index contributed by atoms with van der Waals surface area (Å²) in [5.74, 6) is 0. The molecular formula is C54H38N2. The summed E-state index contributed by atoms with van der Waals surface area (Å²) in [6, 6.07) is 63.5. The normalized spacial score (nSPS) is 13.4. The highest BCUT2D eigenvalue weighted by atomic mass is 14.9. The number of H-pyrrole nitrogens is 1. The van der Waals surface area contributed by atoms with E-state index in [0.717, 1.165) is 5.52 Å². The molecule has 2 heteroatoms. The molecule has 2 aromatic heterocycles. The van der Waals surface area contributed by atoms with Gasteiger partial charge in [0, 0.05) is 56.2 Å². The second-order valence-corrected chi connectivity index (χ2v) is 16.2. The van der Waals surface area contributed by atoms with Gasteiger partial charge in [-0.05, 0) is 90.3 Å². The average Bonchev–Trinajstić information content (AvgIpc) is 3.85. The molecule has 264 valence electrons. The van der Waals surface area contributed by atoms with Gasteiger partial charge in [-0.2, -0.15) is 0 Å². The van der Waals surface area contributed by atoms with Crippen LogP contribution in [0, 0.1) is 0 Å². The largest absolute Gasteiger partial charge is 0.354 e. The Hall–Kier alpha value is -6.90. The van der Waals surface area contributed by atoms with Crippen LogP contribution in [0.25, 0.3) is 110 Å². The highest BCUT2D eigenvalue weighted by molar-refractivity contribution is 6.23. The van der Waals surface area contributed by atoms with Crippen molar-refractivity contribution >= 4 is 65.2 Å². The molecule has 11 aromatic rings. The van der Waals surface area contributed by atoms with Crippen molar-refractivity contribution in [3.63, 3.8) is 0 Å². The number of hydrogen-bond acceptors (Lipinski definition) is 0. The number of aryl methyl sites for hydroxylation is 1. The number of nitrogens with one attached hydrogen (secondary N) is 1. The highest BCUT2D eigenvalue weighted by Gasteiger charge is 2.35. The molecule has 0 atom stereocenters. The van der Waals surface area contributed by atoms with Crippen LogP contribution in [0.4, 0.5) is 0 Å². The van der Waals surface area contributed by atoms with Crippen LogP contribution in [0.3, 0.4) is 0 Å². The number of fused-ring (bicyclic) bond motifs is 11. The molecule has 1 aliphatic rings. The Labute approximate surface area is 325 Å². The molecule has 0 bridgehead atoms. The number of para-hydroxylation sites is 4. The van der Waals surface area contributed by atoms with Crippen molar-refractivity contribution in [1.82, 2.24) is 9.55 Å². The zero-order chi connectivity index (χ0) is 37.3. The van der Waals surface area contributed by atoms with Crippen LogP contribution in [0.5, 0.6) is 0 Å². The predicted octanol–water partition coefficient (Wildman–Crippen LogP) is 14.6. The maximum absolute atomic E-state index is 3.81. The van der Waals surface area contributed by atoms with Gasteiger partial charge < -0.3 is 9.55 Å². The molecule has 56 heavy (non-hydrogen) atoms. The lowest BCUT2D eigenvalue weighted by Crippen LogP contribution is -2.14. The molecule has 0 radical (unpaired) electrons. The minimum absolute atomic E-state index is 0.103. The summed E-state index contributed by atoms with van der Waals surface area (Å²) in [5, 5.41) is 10.1. The van der Waals surface area contributed by atoms with E-state index in [1.807, 2.05) is 0 Å². The van der Waals surface area contributed by atoms with Crippen LogP contribution in [-0.2, 0) is 12.5 Å². The number of hydrogen-bond donors (Lipinski definition) is 1. The number of aromatic nitrogens is 2. The molecule has 0 unspecified atom stereocenters. The maximum atomic E-state index is 3.81. The third-order valence-corrected chi connectivity index (χ3v) is 13.0. The number of benzene rings is 9. The second-order valence-electron chi connectivity index (χ2n) is 16.2. The van der Waals surface area contributed by atoms with E-state index in [-0.39, 0.29) is 5.41 Å². The SMILES string of the molecule is Cn1c2ccccc2c2cccc(-c3cccc4c(-c5ccc6c(c5)C(C)(C)c5ccccc5-6)c5cccc(-c6cccc7c6[nH]c6ccccc67)c5cc34)c21. The Balaban J connectivity index is 1.21. The summed E-state index contributed by atoms with van der Waals surface area (Å²) in [7, 11) is 2.21. The molecule has 12 rings (SSSR count). The van der Waals surface area contributed by atoms with E-state index in [1.165, 1.54) is 115 Å². The minimum Gasteiger partial charge on any atom is -0.354 e. The Bertz CT molecular complexity index is 3460. The lowest BCUT2D eigenvalue weighted by atomic mass is 9.80. The summed E-state index contributed by atoms with van der Waals surface area (Å²) in [6.45, 7) is 4.76. The van der Waals surface area contributed by atoms with Crippen molar-refractivity contribution in [2.24, 2.45) is 7.05 Å². The molecule has 2 nitrogen and oxygen atoms in total. The summed E-state index contributed by atoms with van der Waals surface area (Å²) in [4.78, 5) is 3.81. The summed E-state index contributed by atoms with van der Waals surface area (Å²) < 4.78 is 2.38. The van der Waals surface area contributed by atoms with Crippen LogP contribution in [0.2, 0.25) is 0 Å². The van der Waals surface area contributed by atoms with E-state index in [0.29, 0.717) is 0 Å². The molecule has 0 saturated heterocycles. The van der Waals surface area contributed by atoms with Gasteiger partial charge in [0.15, 0.2) is 0 Å². The van der Waals surface area contributed by atoms with Gasteiger partial charge in [0.1, 0.15) is 0 Å². The molecule has 2 heterocycles. The van der Waals surface area contributed by atoms with Gasteiger partial charge >= 0.3 is 0 Å². The van der Waals surface area contributed by atoms with Crippen molar-refractivity contribution in [2.75, 3.05) is 0 Å². The first kappa shape index (κ1) is 31.5. The number of nitrogens with zero attached hydrogens (tertiary/aromatic N) is 1. The molecular weight excluding hydrogens is 677 g/mol. The minimum atomic E-state index is -0.103. The Morgan fingerprint density at radius 2 is 0.982 bits per heavy atom. The van der Waals surface area contributed by atoms with E-state index < -0.39 is 0 Å². The van der Waals surface area contributed by atoms with E-state index in [1.54, 1.807) is 0 Å². The lowest BCUT2D eigenvalue weighted by molar-refractivity contribution is 0.660. The third kappa shape index (κ3) is 4.16. The van der Waals surface area contributed by atoms with Crippen molar-refractivity contribution in [3.8, 4) is 44.5 Å². The fraction of sp³-hybridized carbons (Fsp3) is 0.0741. The quantitative estimate of drug-likeness (QED) is 0.176. The first-order chi connectivity index (χ1) is 27.5. The van der Waals surface area contributed by atoms with Crippen molar-refractivity contribution in [2.45, 2.75) is 19.3 Å². The molecule has 0 saturated carbocycles. The fourth-order valence-electron chi connectivity index (χ4n) is 10.4. The molecule has 9 aromatic carbocycles. The van der Waals surface area contributed by atoms with Crippen LogP contribution in [0.15, 0.2) is 170 Å². The average molecular weight is 715 g/mol. The fourth-order valence-corrected chi connectivity index (χ4v) is 10.4.